The highest BCUT2D eigenvalue weighted by atomic mass is 79.9. The van der Waals surface area contributed by atoms with E-state index in [9.17, 15) is 13.6 Å². The Hall–Kier alpha value is -2.32. The molecule has 0 aliphatic carbocycles. The minimum absolute atomic E-state index is 0.00711. The zero-order chi connectivity index (χ0) is 24.1. The predicted molar refractivity (Wildman–Crippen MR) is 132 cm³/mol. The molecule has 0 spiro atoms. The second-order valence-corrected chi connectivity index (χ2v) is 9.50. The van der Waals surface area contributed by atoms with Crippen molar-refractivity contribution >= 4 is 33.4 Å². The Morgan fingerprint density at radius 1 is 0.941 bits per heavy atom. The van der Waals surface area contributed by atoms with Gasteiger partial charge in [-0.1, -0.05) is 45.7 Å². The quantitative estimate of drug-likeness (QED) is 0.357. The minimum Gasteiger partial charge on any atom is -0.367 e. The first-order valence-electron chi connectivity index (χ1n) is 11.0. The van der Waals surface area contributed by atoms with Crippen molar-refractivity contribution in [2.24, 2.45) is 0 Å². The van der Waals surface area contributed by atoms with Crippen LogP contribution < -0.4 is 0 Å². The summed E-state index contributed by atoms with van der Waals surface area (Å²) in [5, 5.41) is 0.600. The minimum atomic E-state index is -0.630. The smallest absolute Gasteiger partial charge is 0.253 e. The third-order valence-electron chi connectivity index (χ3n) is 5.91. The fourth-order valence-electron chi connectivity index (χ4n) is 3.93. The number of carbonyl (C=O) groups excluding carboxylic acids is 1. The number of hydrogen-bond donors (Lipinski definition) is 0. The van der Waals surface area contributed by atoms with Crippen LogP contribution in [0.25, 0.3) is 0 Å². The van der Waals surface area contributed by atoms with E-state index in [1.165, 1.54) is 18.2 Å². The van der Waals surface area contributed by atoms with E-state index in [4.69, 9.17) is 16.3 Å². The summed E-state index contributed by atoms with van der Waals surface area (Å²) in [4.78, 5) is 16.8. The van der Waals surface area contributed by atoms with Crippen molar-refractivity contribution in [2.45, 2.75) is 12.7 Å². The Labute approximate surface area is 211 Å². The maximum Gasteiger partial charge on any atom is 0.253 e. The molecule has 1 aliphatic rings. The largest absolute Gasteiger partial charge is 0.367 e. The van der Waals surface area contributed by atoms with Crippen molar-refractivity contribution in [1.29, 1.82) is 0 Å². The summed E-state index contributed by atoms with van der Waals surface area (Å²) in [5.41, 5.74) is 1.44. The van der Waals surface area contributed by atoms with Crippen LogP contribution >= 0.6 is 27.5 Å². The molecule has 1 amide bonds. The number of halogens is 4. The Balaban J connectivity index is 1.41. The molecule has 0 bridgehead atoms. The number of carbonyl (C=O) groups is 1. The van der Waals surface area contributed by atoms with E-state index in [0.29, 0.717) is 43.3 Å². The Kier molecular flexibility index (Phi) is 8.32. The summed E-state index contributed by atoms with van der Waals surface area (Å²) in [5.74, 6) is -1.25. The average molecular weight is 550 g/mol. The van der Waals surface area contributed by atoms with Gasteiger partial charge < -0.3 is 9.64 Å². The Bertz CT molecular complexity index is 1100. The normalized spacial score (nSPS) is 15.4. The van der Waals surface area contributed by atoms with Gasteiger partial charge in [0.15, 0.2) is 0 Å². The molecule has 0 radical (unpaired) electrons. The maximum absolute atomic E-state index is 14.1. The fraction of sp³-hybridized carbons (Fsp3) is 0.269. The van der Waals surface area contributed by atoms with Gasteiger partial charge in [-0.15, -0.1) is 0 Å². The molecule has 0 N–H and O–H groups in total. The van der Waals surface area contributed by atoms with E-state index < -0.39 is 17.7 Å². The number of amides is 1. The number of rotatable bonds is 7. The van der Waals surface area contributed by atoms with E-state index in [-0.39, 0.29) is 18.1 Å². The zero-order valence-electron chi connectivity index (χ0n) is 18.4. The standard InChI is InChI=1S/C26H24BrClF2N2O2/c27-20-8-4-19(5-9-20)26(33)32-14-12-31(13-15-32)16-25(18-6-10-21(28)11-7-18)34-17-22-23(29)2-1-3-24(22)30/h1-11,25H,12-17H2. The van der Waals surface area contributed by atoms with Crippen LogP contribution in [0.2, 0.25) is 5.02 Å². The van der Waals surface area contributed by atoms with E-state index in [1.54, 1.807) is 12.1 Å². The number of piperazine rings is 1. The van der Waals surface area contributed by atoms with Crippen molar-refractivity contribution in [2.75, 3.05) is 32.7 Å². The summed E-state index contributed by atoms with van der Waals surface area (Å²) in [7, 11) is 0. The van der Waals surface area contributed by atoms with Crippen LogP contribution in [0.1, 0.15) is 27.6 Å². The third-order valence-corrected chi connectivity index (χ3v) is 6.69. The number of nitrogens with zero attached hydrogens (tertiary/aromatic N) is 2. The van der Waals surface area contributed by atoms with Gasteiger partial charge in [-0.2, -0.15) is 0 Å². The van der Waals surface area contributed by atoms with Gasteiger partial charge in [-0.3, -0.25) is 9.69 Å². The molecule has 8 heteroatoms. The summed E-state index contributed by atoms with van der Waals surface area (Å²) >= 11 is 9.42. The number of hydrogen-bond acceptors (Lipinski definition) is 3. The van der Waals surface area contributed by atoms with Gasteiger partial charge >= 0.3 is 0 Å². The molecule has 1 fully saturated rings. The van der Waals surface area contributed by atoms with Crippen LogP contribution in [-0.4, -0.2) is 48.4 Å². The van der Waals surface area contributed by atoms with Crippen LogP contribution in [0.5, 0.6) is 0 Å². The highest BCUT2D eigenvalue weighted by Crippen LogP contribution is 2.25. The lowest BCUT2D eigenvalue weighted by Crippen LogP contribution is -2.49. The molecule has 34 heavy (non-hydrogen) atoms. The van der Waals surface area contributed by atoms with E-state index in [1.807, 2.05) is 41.3 Å². The van der Waals surface area contributed by atoms with Crippen molar-refractivity contribution < 1.29 is 18.3 Å². The topological polar surface area (TPSA) is 32.8 Å². The average Bonchev–Trinajstić information content (AvgIpc) is 2.84. The van der Waals surface area contributed by atoms with Gasteiger partial charge in [-0.25, -0.2) is 8.78 Å². The van der Waals surface area contributed by atoms with Crippen molar-refractivity contribution in [3.05, 3.63) is 105 Å². The molecule has 3 aromatic rings. The molecule has 0 saturated carbocycles. The summed E-state index contributed by atoms with van der Waals surface area (Å²) < 4.78 is 35.2. The lowest BCUT2D eigenvalue weighted by molar-refractivity contribution is 0.00145. The fourth-order valence-corrected chi connectivity index (χ4v) is 4.32. The first-order valence-corrected chi connectivity index (χ1v) is 12.1. The molecule has 1 unspecified atom stereocenters. The summed E-state index contributed by atoms with van der Waals surface area (Å²) in [6, 6.07) is 18.4. The molecular weight excluding hydrogens is 526 g/mol. The van der Waals surface area contributed by atoms with Crippen LogP contribution in [0.3, 0.4) is 0 Å². The summed E-state index contributed by atoms with van der Waals surface area (Å²) in [6.07, 6.45) is -0.412. The highest BCUT2D eigenvalue weighted by molar-refractivity contribution is 9.10. The monoisotopic (exact) mass is 548 g/mol. The molecule has 0 aromatic heterocycles. The molecule has 1 atom stereocenters. The van der Waals surface area contributed by atoms with Gasteiger partial charge in [0.1, 0.15) is 11.6 Å². The Morgan fingerprint density at radius 3 is 2.18 bits per heavy atom. The summed E-state index contributed by atoms with van der Waals surface area (Å²) in [6.45, 7) is 2.85. The highest BCUT2D eigenvalue weighted by Gasteiger charge is 2.25. The molecular formula is C26H24BrClF2N2O2. The lowest BCUT2D eigenvalue weighted by Gasteiger charge is -2.36. The number of benzene rings is 3. The number of ether oxygens (including phenoxy) is 1. The molecule has 1 aliphatic heterocycles. The molecule has 4 nitrogen and oxygen atoms in total. The molecule has 1 heterocycles. The first kappa shape index (κ1) is 24.8. The maximum atomic E-state index is 14.1. The van der Waals surface area contributed by atoms with Crippen molar-refractivity contribution in [1.82, 2.24) is 9.80 Å². The zero-order valence-corrected chi connectivity index (χ0v) is 20.7. The van der Waals surface area contributed by atoms with Gasteiger partial charge in [0, 0.05) is 53.3 Å². The van der Waals surface area contributed by atoms with Crippen LogP contribution in [0.4, 0.5) is 8.78 Å². The van der Waals surface area contributed by atoms with E-state index in [2.05, 4.69) is 20.8 Å². The lowest BCUT2D eigenvalue weighted by atomic mass is 10.1. The second kappa shape index (κ2) is 11.4. The third kappa shape index (κ3) is 6.21. The van der Waals surface area contributed by atoms with Crippen molar-refractivity contribution in [3.8, 4) is 0 Å². The first-order chi connectivity index (χ1) is 16.4. The second-order valence-electron chi connectivity index (χ2n) is 8.15. The van der Waals surface area contributed by atoms with Crippen LogP contribution in [0, 0.1) is 11.6 Å². The predicted octanol–water partition coefficient (Wildman–Crippen LogP) is 6.10. The molecule has 1 saturated heterocycles. The molecule has 4 rings (SSSR count). The van der Waals surface area contributed by atoms with Crippen LogP contribution in [0.15, 0.2) is 71.2 Å². The molecule has 3 aromatic carbocycles. The van der Waals surface area contributed by atoms with Crippen LogP contribution in [-0.2, 0) is 11.3 Å². The van der Waals surface area contributed by atoms with Gasteiger partial charge in [0.2, 0.25) is 0 Å². The van der Waals surface area contributed by atoms with Crippen molar-refractivity contribution in [3.63, 3.8) is 0 Å². The van der Waals surface area contributed by atoms with E-state index >= 15 is 0 Å². The van der Waals surface area contributed by atoms with E-state index in [0.717, 1.165) is 10.0 Å². The SMILES string of the molecule is O=C(c1ccc(Br)cc1)N1CCN(CC(OCc2c(F)cccc2F)c2ccc(Cl)cc2)CC1. The van der Waals surface area contributed by atoms with Gasteiger partial charge in [-0.05, 0) is 54.1 Å². The van der Waals surface area contributed by atoms with Gasteiger partial charge in [0.05, 0.1) is 12.7 Å². The molecule has 178 valence electrons. The Morgan fingerprint density at radius 2 is 1.56 bits per heavy atom. The van der Waals surface area contributed by atoms with Gasteiger partial charge in [0.25, 0.3) is 5.91 Å².